The number of aromatic hydroxyl groups is 1. The van der Waals surface area contributed by atoms with E-state index < -0.39 is 0 Å². The molecule has 0 aliphatic carbocycles. The summed E-state index contributed by atoms with van der Waals surface area (Å²) < 4.78 is 6.72. The molecule has 0 amide bonds. The van der Waals surface area contributed by atoms with Gasteiger partial charge >= 0.3 is 0 Å². The summed E-state index contributed by atoms with van der Waals surface area (Å²) in [5.74, 6) is 2.24. The molecule has 2 N–H and O–H groups in total. The third kappa shape index (κ3) is 13.4. The molecule has 268 valence electrons. The topological polar surface area (TPSA) is 44.7 Å². The van der Waals surface area contributed by atoms with Gasteiger partial charge in [0, 0.05) is 29.0 Å². The van der Waals surface area contributed by atoms with Crippen LogP contribution in [0.25, 0.3) is 0 Å². The molecule has 1 aromatic carbocycles. The number of ether oxygens (including phenoxy) is 1. The lowest BCUT2D eigenvalue weighted by molar-refractivity contribution is 0.00572. The Morgan fingerprint density at radius 2 is 1.46 bits per heavy atom. The molecule has 0 saturated heterocycles. The Morgan fingerprint density at radius 3 is 1.89 bits per heavy atom. The number of benzene rings is 1. The predicted octanol–water partition coefficient (Wildman–Crippen LogP) is 11.3. The molecule has 46 heavy (non-hydrogen) atoms. The lowest BCUT2D eigenvalue weighted by Crippen LogP contribution is -2.52. The summed E-state index contributed by atoms with van der Waals surface area (Å²) >= 11 is 0. The fraction of sp³-hybridized carbons (Fsp3) is 0.762. The fourth-order valence-electron chi connectivity index (χ4n) is 6.96. The van der Waals surface area contributed by atoms with Gasteiger partial charge in [-0.2, -0.15) is 0 Å². The minimum Gasteiger partial charge on any atom is -0.507 e. The Labute approximate surface area is 287 Å². The fourth-order valence-corrected chi connectivity index (χ4v) is 6.96. The van der Waals surface area contributed by atoms with Crippen LogP contribution in [0.3, 0.4) is 0 Å². The summed E-state index contributed by atoms with van der Waals surface area (Å²) in [6.07, 6.45) is 4.73. The van der Waals surface area contributed by atoms with Crippen molar-refractivity contribution >= 4 is 0 Å². The lowest BCUT2D eigenvalue weighted by Gasteiger charge is -2.45. The molecule has 0 saturated carbocycles. The number of aryl methyl sites for hydroxylation is 1. The first-order valence-electron chi connectivity index (χ1n) is 18.0. The summed E-state index contributed by atoms with van der Waals surface area (Å²) in [4.78, 5) is 2.44. The second kappa shape index (κ2) is 17.6. The first-order chi connectivity index (χ1) is 20.7. The van der Waals surface area contributed by atoms with Gasteiger partial charge in [-0.1, -0.05) is 73.3 Å². The third-order valence-electron chi connectivity index (χ3n) is 9.88. The normalized spacial score (nSPS) is 14.9. The van der Waals surface area contributed by atoms with Gasteiger partial charge < -0.3 is 15.2 Å². The zero-order chi connectivity index (χ0) is 36.6. The van der Waals surface area contributed by atoms with E-state index in [1.165, 1.54) is 16.7 Å². The Balaban J connectivity index is 0.00000991. The molecule has 1 aromatic rings. The molecule has 1 rings (SSSR count). The van der Waals surface area contributed by atoms with E-state index in [1.54, 1.807) is 0 Å². The molecule has 3 atom stereocenters. The lowest BCUT2D eigenvalue weighted by atomic mass is 9.77. The molecular weight excluding hydrogens is 564 g/mol. The van der Waals surface area contributed by atoms with Crippen LogP contribution in [0.5, 0.6) is 5.75 Å². The van der Waals surface area contributed by atoms with E-state index in [4.69, 9.17) is 11.3 Å². The number of hydrogen-bond donors (Lipinski definition) is 2. The molecule has 0 heterocycles. The van der Waals surface area contributed by atoms with Crippen LogP contribution in [0.1, 0.15) is 152 Å². The van der Waals surface area contributed by atoms with Crippen LogP contribution in [-0.2, 0) is 16.6 Å². The summed E-state index contributed by atoms with van der Waals surface area (Å²) in [7, 11) is 4.26. The molecule has 0 fully saturated rings. The number of phenols is 1. The van der Waals surface area contributed by atoms with Gasteiger partial charge in [-0.15, -0.1) is 0 Å². The molecule has 3 unspecified atom stereocenters. The molecular formula is C42H78N2O2. The minimum absolute atomic E-state index is 0.00820. The Hall–Kier alpha value is -1.78. The number of hydrogen-bond acceptors (Lipinski definition) is 4. The highest BCUT2D eigenvalue weighted by Gasteiger charge is 2.35. The van der Waals surface area contributed by atoms with Crippen molar-refractivity contribution in [3.05, 3.63) is 52.8 Å². The van der Waals surface area contributed by atoms with Crippen molar-refractivity contribution in [1.29, 1.82) is 0 Å². The van der Waals surface area contributed by atoms with Crippen LogP contribution in [-0.4, -0.2) is 46.8 Å². The number of nitrogens with zero attached hydrogens (tertiary/aromatic N) is 1. The average Bonchev–Trinajstić information content (AvgIpc) is 2.89. The summed E-state index contributed by atoms with van der Waals surface area (Å²) in [6, 6.07) is 2.17. The second-order valence-corrected chi connectivity index (χ2v) is 17.5. The minimum atomic E-state index is -0.138. The number of allylic oxidation sites excluding steroid dienone is 1. The highest BCUT2D eigenvalue weighted by molar-refractivity contribution is 5.52. The number of phenolic OH excluding ortho intramolecular Hbond substituents is 1. The SMILES string of the molecule is C=C(CC(CC(C)C)CC(C)(C)NC)C(Cc1c(C)cc(C(C)(C)C)c(O)c1C)C(=C)OC(C)CC(C)(C)N(C)C(C)(C)C.CC. The molecule has 0 aromatic heterocycles. The van der Waals surface area contributed by atoms with Crippen LogP contribution >= 0.6 is 0 Å². The van der Waals surface area contributed by atoms with Gasteiger partial charge in [0.2, 0.25) is 0 Å². The monoisotopic (exact) mass is 643 g/mol. The molecule has 4 nitrogen and oxygen atoms in total. The number of rotatable bonds is 16. The van der Waals surface area contributed by atoms with Crippen LogP contribution in [0.15, 0.2) is 30.6 Å². The summed E-state index contributed by atoms with van der Waals surface area (Å²) in [6.45, 7) is 46.7. The van der Waals surface area contributed by atoms with E-state index in [-0.39, 0.29) is 34.1 Å². The second-order valence-electron chi connectivity index (χ2n) is 17.5. The number of nitrogens with one attached hydrogen (secondary N) is 1. The molecule has 0 radical (unpaired) electrons. The van der Waals surface area contributed by atoms with Crippen molar-refractivity contribution < 1.29 is 9.84 Å². The Bertz CT molecular complexity index is 1110. The standard InChI is InChI=1S/C40H72N2O2.C2H6/c1-26(2)20-32(25-39(14,15)41-18)21-27(3)34(23-33-28(4)22-35(37(8,9)10)36(43)30(33)6)31(7)44-29(5)24-40(16,17)42(19)38(11,12)13;1-2/h22,26,29,32,34,41,43H,3,7,20-21,23-25H2,1-2,4-6,8-19H3;1-2H3. The predicted molar refractivity (Wildman–Crippen MR) is 205 cm³/mol. The van der Waals surface area contributed by atoms with E-state index in [2.05, 4.69) is 141 Å². The first-order valence-corrected chi connectivity index (χ1v) is 18.0. The van der Waals surface area contributed by atoms with Crippen molar-refractivity contribution in [3.8, 4) is 5.75 Å². The quantitative estimate of drug-likeness (QED) is 0.139. The van der Waals surface area contributed by atoms with Crippen molar-refractivity contribution in [2.45, 2.75) is 178 Å². The van der Waals surface area contributed by atoms with Gasteiger partial charge in [-0.25, -0.2) is 0 Å². The molecule has 0 bridgehead atoms. The maximum Gasteiger partial charge on any atom is 0.122 e. The summed E-state index contributed by atoms with van der Waals surface area (Å²) in [5, 5.41) is 14.8. The molecule has 4 heteroatoms. The Kier molecular flexibility index (Phi) is 16.9. The first kappa shape index (κ1) is 44.2. The maximum absolute atomic E-state index is 11.3. The van der Waals surface area contributed by atoms with E-state index in [0.29, 0.717) is 17.6 Å². The van der Waals surface area contributed by atoms with Crippen LogP contribution < -0.4 is 5.32 Å². The van der Waals surface area contributed by atoms with Crippen molar-refractivity contribution in [3.63, 3.8) is 0 Å². The Morgan fingerprint density at radius 1 is 0.935 bits per heavy atom. The van der Waals surface area contributed by atoms with Gasteiger partial charge in [0.1, 0.15) is 5.75 Å². The van der Waals surface area contributed by atoms with Gasteiger partial charge in [0.25, 0.3) is 0 Å². The maximum atomic E-state index is 11.3. The highest BCUT2D eigenvalue weighted by atomic mass is 16.5. The van der Waals surface area contributed by atoms with Gasteiger partial charge in [-0.3, -0.25) is 4.90 Å². The largest absolute Gasteiger partial charge is 0.507 e. The van der Waals surface area contributed by atoms with Crippen LogP contribution in [0.2, 0.25) is 0 Å². The van der Waals surface area contributed by atoms with E-state index in [0.717, 1.165) is 49.0 Å². The summed E-state index contributed by atoms with van der Waals surface area (Å²) in [5.41, 5.74) is 5.40. The van der Waals surface area contributed by atoms with Crippen LogP contribution in [0.4, 0.5) is 0 Å². The van der Waals surface area contributed by atoms with Crippen molar-refractivity contribution in [2.75, 3.05) is 14.1 Å². The van der Waals surface area contributed by atoms with Gasteiger partial charge in [0.05, 0.1) is 11.9 Å². The third-order valence-corrected chi connectivity index (χ3v) is 9.88. The molecule has 0 aliphatic rings. The van der Waals surface area contributed by atoms with E-state index in [9.17, 15) is 5.11 Å². The van der Waals surface area contributed by atoms with Crippen LogP contribution in [0, 0.1) is 31.6 Å². The van der Waals surface area contributed by atoms with E-state index in [1.807, 2.05) is 13.8 Å². The molecule has 0 spiro atoms. The van der Waals surface area contributed by atoms with Gasteiger partial charge in [-0.05, 0) is 149 Å². The smallest absolute Gasteiger partial charge is 0.122 e. The highest BCUT2D eigenvalue weighted by Crippen LogP contribution is 2.40. The van der Waals surface area contributed by atoms with E-state index >= 15 is 0 Å². The zero-order valence-electron chi connectivity index (χ0n) is 34.1. The average molecular weight is 643 g/mol. The van der Waals surface area contributed by atoms with Crippen molar-refractivity contribution in [2.24, 2.45) is 17.8 Å². The van der Waals surface area contributed by atoms with Crippen molar-refractivity contribution in [1.82, 2.24) is 10.2 Å². The zero-order valence-corrected chi connectivity index (χ0v) is 34.1. The van der Waals surface area contributed by atoms with Gasteiger partial charge in [0.15, 0.2) is 0 Å². The molecule has 0 aliphatic heterocycles.